The van der Waals surface area contributed by atoms with E-state index in [9.17, 15) is 10.0 Å². The molecule has 26 heavy (non-hydrogen) atoms. The third-order valence-corrected chi connectivity index (χ3v) is 4.79. The van der Waals surface area contributed by atoms with Gasteiger partial charge in [-0.25, -0.2) is 0 Å². The van der Waals surface area contributed by atoms with Crippen LogP contribution in [0.3, 0.4) is 0 Å². The maximum atomic E-state index is 12.5. The fourth-order valence-corrected chi connectivity index (χ4v) is 3.41. The Hall–Kier alpha value is -2.99. The Kier molecular flexibility index (Phi) is 4.50. The molecule has 1 fully saturated rings. The normalized spacial score (nSPS) is 15.3. The number of piperazine rings is 1. The molecule has 3 aromatic rings. The molecular weight excluding hydrogens is 328 g/mol. The van der Waals surface area contributed by atoms with Crippen LogP contribution < -0.4 is 4.73 Å². The summed E-state index contributed by atoms with van der Waals surface area (Å²) in [5, 5.41) is 12.5. The molecule has 1 aliphatic heterocycles. The Morgan fingerprint density at radius 3 is 2.69 bits per heavy atom. The molecule has 132 valence electrons. The SMILES string of the molecule is O=C(c1ccc[n+]([O-])c1)N1CCN(Cc2cccc3cccnc23)CC1. The number of carbonyl (C=O) groups is 1. The molecule has 0 unspecified atom stereocenters. The molecular formula is C20H20N4O2. The van der Waals surface area contributed by atoms with Crippen molar-refractivity contribution in [1.82, 2.24) is 14.8 Å². The van der Waals surface area contributed by atoms with Crippen molar-refractivity contribution in [2.45, 2.75) is 6.54 Å². The van der Waals surface area contributed by atoms with Gasteiger partial charge in [-0.05, 0) is 17.7 Å². The van der Waals surface area contributed by atoms with Crippen molar-refractivity contribution in [3.63, 3.8) is 0 Å². The molecule has 0 radical (unpaired) electrons. The van der Waals surface area contributed by atoms with Crippen LogP contribution in [0.25, 0.3) is 10.9 Å². The Morgan fingerprint density at radius 2 is 1.88 bits per heavy atom. The molecule has 0 atom stereocenters. The van der Waals surface area contributed by atoms with Crippen molar-refractivity contribution in [2.75, 3.05) is 26.2 Å². The van der Waals surface area contributed by atoms with Gasteiger partial charge in [0, 0.05) is 50.4 Å². The highest BCUT2D eigenvalue weighted by atomic mass is 16.5. The van der Waals surface area contributed by atoms with Gasteiger partial charge in [0.1, 0.15) is 5.56 Å². The number of carbonyl (C=O) groups excluding carboxylic acids is 1. The Labute approximate surface area is 151 Å². The van der Waals surface area contributed by atoms with Gasteiger partial charge in [0.05, 0.1) is 5.52 Å². The first-order valence-electron chi connectivity index (χ1n) is 8.74. The molecule has 2 aromatic heterocycles. The zero-order valence-electron chi connectivity index (χ0n) is 14.4. The van der Waals surface area contributed by atoms with Crippen LogP contribution in [-0.2, 0) is 6.54 Å². The van der Waals surface area contributed by atoms with Crippen molar-refractivity contribution in [3.8, 4) is 0 Å². The number of nitrogens with zero attached hydrogens (tertiary/aromatic N) is 4. The standard InChI is InChI=1S/C20H20N4O2/c25-20(18-7-3-9-24(26)15-18)23-12-10-22(11-13-23)14-17-5-1-4-16-6-2-8-21-19(16)17/h1-9,15H,10-14H2. The second-order valence-corrected chi connectivity index (χ2v) is 6.51. The quantitative estimate of drug-likeness (QED) is 0.535. The molecule has 0 spiro atoms. The number of aromatic nitrogens is 2. The molecule has 0 saturated carbocycles. The summed E-state index contributed by atoms with van der Waals surface area (Å²) in [6.07, 6.45) is 4.54. The third kappa shape index (κ3) is 3.36. The van der Waals surface area contributed by atoms with Crippen molar-refractivity contribution in [1.29, 1.82) is 0 Å². The van der Waals surface area contributed by atoms with Crippen molar-refractivity contribution >= 4 is 16.8 Å². The van der Waals surface area contributed by atoms with Crippen molar-refractivity contribution < 1.29 is 9.52 Å². The van der Waals surface area contributed by atoms with Gasteiger partial charge in [0.15, 0.2) is 12.4 Å². The predicted octanol–water partition coefficient (Wildman–Crippen LogP) is 1.83. The van der Waals surface area contributed by atoms with Gasteiger partial charge >= 0.3 is 0 Å². The number of pyridine rings is 2. The van der Waals surface area contributed by atoms with Crippen LogP contribution in [0.5, 0.6) is 0 Å². The molecule has 6 heteroatoms. The summed E-state index contributed by atoms with van der Waals surface area (Å²) in [4.78, 5) is 21.2. The van der Waals surface area contributed by atoms with E-state index in [1.807, 2.05) is 17.2 Å². The minimum atomic E-state index is -0.0818. The summed E-state index contributed by atoms with van der Waals surface area (Å²) in [6.45, 7) is 3.75. The first-order chi connectivity index (χ1) is 12.7. The highest BCUT2D eigenvalue weighted by Crippen LogP contribution is 2.18. The molecule has 1 aliphatic rings. The van der Waals surface area contributed by atoms with Crippen molar-refractivity contribution in [3.05, 3.63) is 77.4 Å². The molecule has 6 nitrogen and oxygen atoms in total. The molecule has 3 heterocycles. The largest absolute Gasteiger partial charge is 0.619 e. The summed E-state index contributed by atoms with van der Waals surface area (Å²) >= 11 is 0. The van der Waals surface area contributed by atoms with E-state index in [0.717, 1.165) is 30.5 Å². The summed E-state index contributed by atoms with van der Waals surface area (Å²) < 4.78 is 0.664. The maximum absolute atomic E-state index is 12.5. The minimum Gasteiger partial charge on any atom is -0.619 e. The number of hydrogen-bond donors (Lipinski definition) is 0. The van der Waals surface area contributed by atoms with Crippen LogP contribution in [0.15, 0.2) is 61.1 Å². The summed E-state index contributed by atoms with van der Waals surface area (Å²) in [6, 6.07) is 13.6. The number of rotatable bonds is 3. The van der Waals surface area contributed by atoms with Gasteiger partial charge in [0.2, 0.25) is 0 Å². The zero-order chi connectivity index (χ0) is 17.9. The van der Waals surface area contributed by atoms with E-state index in [2.05, 4.69) is 34.1 Å². The number of hydrogen-bond acceptors (Lipinski definition) is 4. The number of fused-ring (bicyclic) bond motifs is 1. The van der Waals surface area contributed by atoms with E-state index in [0.29, 0.717) is 23.4 Å². The van der Waals surface area contributed by atoms with Crippen LogP contribution in [0.2, 0.25) is 0 Å². The molecule has 1 saturated heterocycles. The molecule has 1 amide bonds. The Balaban J connectivity index is 1.41. The third-order valence-electron chi connectivity index (χ3n) is 4.79. The molecule has 0 N–H and O–H groups in total. The lowest BCUT2D eigenvalue weighted by Crippen LogP contribution is -2.48. The van der Waals surface area contributed by atoms with E-state index in [4.69, 9.17) is 0 Å². The van der Waals surface area contributed by atoms with Gasteiger partial charge in [-0.1, -0.05) is 24.3 Å². The number of amides is 1. The topological polar surface area (TPSA) is 63.4 Å². The fraction of sp³-hybridized carbons (Fsp3) is 0.250. The van der Waals surface area contributed by atoms with Crippen LogP contribution in [0.1, 0.15) is 15.9 Å². The van der Waals surface area contributed by atoms with Crippen LogP contribution in [0.4, 0.5) is 0 Å². The first-order valence-corrected chi connectivity index (χ1v) is 8.74. The lowest BCUT2D eigenvalue weighted by Gasteiger charge is -2.34. The lowest BCUT2D eigenvalue weighted by molar-refractivity contribution is -0.605. The highest BCUT2D eigenvalue weighted by Gasteiger charge is 2.23. The summed E-state index contributed by atoms with van der Waals surface area (Å²) in [5.41, 5.74) is 2.69. The number of para-hydroxylation sites is 1. The maximum Gasteiger partial charge on any atom is 0.260 e. The van der Waals surface area contributed by atoms with Crippen LogP contribution >= 0.6 is 0 Å². The second-order valence-electron chi connectivity index (χ2n) is 6.51. The fourth-order valence-electron chi connectivity index (χ4n) is 3.41. The predicted molar refractivity (Wildman–Crippen MR) is 98.3 cm³/mol. The second kappa shape index (κ2) is 7.09. The first kappa shape index (κ1) is 16.5. The minimum absolute atomic E-state index is 0.0818. The molecule has 0 bridgehead atoms. The van der Waals surface area contributed by atoms with Gasteiger partial charge in [-0.2, -0.15) is 4.73 Å². The van der Waals surface area contributed by atoms with Gasteiger partial charge in [-0.3, -0.25) is 14.7 Å². The van der Waals surface area contributed by atoms with Crippen LogP contribution in [0, 0.1) is 5.21 Å². The molecule has 1 aromatic carbocycles. The van der Waals surface area contributed by atoms with E-state index in [1.165, 1.54) is 18.0 Å². The van der Waals surface area contributed by atoms with E-state index in [1.54, 1.807) is 12.1 Å². The lowest BCUT2D eigenvalue weighted by atomic mass is 10.1. The van der Waals surface area contributed by atoms with Crippen LogP contribution in [-0.4, -0.2) is 46.9 Å². The van der Waals surface area contributed by atoms with E-state index >= 15 is 0 Å². The average Bonchev–Trinajstić information content (AvgIpc) is 2.68. The summed E-state index contributed by atoms with van der Waals surface area (Å²) in [5.74, 6) is -0.0818. The average molecular weight is 348 g/mol. The van der Waals surface area contributed by atoms with Gasteiger partial charge in [-0.15, -0.1) is 0 Å². The highest BCUT2D eigenvalue weighted by molar-refractivity contribution is 5.93. The zero-order valence-corrected chi connectivity index (χ0v) is 14.4. The van der Waals surface area contributed by atoms with Gasteiger partial charge < -0.3 is 10.1 Å². The Bertz CT molecular complexity index is 931. The summed E-state index contributed by atoms with van der Waals surface area (Å²) in [7, 11) is 0. The monoisotopic (exact) mass is 348 g/mol. The molecule has 4 rings (SSSR count). The Morgan fingerprint density at radius 1 is 1.08 bits per heavy atom. The number of benzene rings is 1. The van der Waals surface area contributed by atoms with Gasteiger partial charge in [0.25, 0.3) is 5.91 Å². The van der Waals surface area contributed by atoms with Crippen molar-refractivity contribution in [2.24, 2.45) is 0 Å². The molecule has 0 aliphatic carbocycles. The smallest absolute Gasteiger partial charge is 0.260 e. The van der Waals surface area contributed by atoms with E-state index in [-0.39, 0.29) is 5.91 Å². The van der Waals surface area contributed by atoms with E-state index < -0.39 is 0 Å².